The average molecular weight is 664 g/mol. The van der Waals surface area contributed by atoms with Gasteiger partial charge in [-0.15, -0.1) is 23.2 Å². The minimum absolute atomic E-state index is 0. The van der Waals surface area contributed by atoms with Gasteiger partial charge in [0.2, 0.25) is 5.24 Å². The first-order valence-electron chi connectivity index (χ1n) is 6.75. The SMILES string of the molecule is C.C.C.C=CC(C)=O.CC.CC(=O)CCCl.CC(I)I.O=C(Cl)CCCl. The molecule has 0 atom stereocenters. The minimum atomic E-state index is -0.370. The Morgan fingerprint density at radius 2 is 1.19 bits per heavy atom. The van der Waals surface area contributed by atoms with E-state index < -0.39 is 0 Å². The molecule has 26 heavy (non-hydrogen) atoms. The van der Waals surface area contributed by atoms with Crippen molar-refractivity contribution in [3.05, 3.63) is 12.7 Å². The second-order valence-corrected chi connectivity index (χ2v) is 10.6. The van der Waals surface area contributed by atoms with E-state index in [9.17, 15) is 14.4 Å². The molecule has 0 fully saturated rings. The number of allylic oxidation sites excluding steroid dienone is 1. The number of carbonyl (C=O) groups excluding carboxylic acids is 3. The topological polar surface area (TPSA) is 51.2 Å². The van der Waals surface area contributed by atoms with Crippen LogP contribution in [0.1, 0.15) is 69.7 Å². The standard InChI is InChI=1S/C4H7ClO.C4H6O.C3H4Cl2O.C2H4I2.C2H6.3CH4/c1-4(6)2-3-5;1-3-4(2)5;4-2-1-3(5)6;1-2(3)4;1-2;;;/h2-3H2,1H3;3H,1H2,2H3;1-2H2;2H,1H3;1-2H3;3*1H4. The highest BCUT2D eigenvalue weighted by Crippen LogP contribution is 2.05. The lowest BCUT2D eigenvalue weighted by Gasteiger charge is -1.79. The van der Waals surface area contributed by atoms with Crippen LogP contribution in [0.3, 0.4) is 0 Å². The van der Waals surface area contributed by atoms with Crippen LogP contribution in [0.2, 0.25) is 0 Å². The molecular formula is C18H39Cl3I2O3. The van der Waals surface area contributed by atoms with Crippen molar-refractivity contribution in [2.45, 2.75) is 71.7 Å². The molecule has 0 aromatic carbocycles. The normalized spacial score (nSPS) is 6.73. The molecule has 0 aromatic heterocycles. The molecule has 0 N–H and O–H groups in total. The smallest absolute Gasteiger partial charge is 0.222 e. The molecule has 0 aliphatic rings. The van der Waals surface area contributed by atoms with Crippen LogP contribution in [-0.2, 0) is 14.4 Å². The van der Waals surface area contributed by atoms with Gasteiger partial charge in [0.25, 0.3) is 0 Å². The fraction of sp³-hybridized carbons (Fsp3) is 0.722. The summed E-state index contributed by atoms with van der Waals surface area (Å²) in [5.74, 6) is 0.951. The van der Waals surface area contributed by atoms with E-state index in [1.54, 1.807) is 0 Å². The maximum absolute atomic E-state index is 9.96. The first-order chi connectivity index (χ1) is 10.5. The Labute approximate surface area is 205 Å². The van der Waals surface area contributed by atoms with E-state index in [0.717, 1.165) is 1.93 Å². The van der Waals surface area contributed by atoms with Gasteiger partial charge < -0.3 is 0 Å². The third-order valence-electron chi connectivity index (χ3n) is 1.03. The van der Waals surface area contributed by atoms with Crippen LogP contribution >= 0.6 is 80.0 Å². The zero-order valence-corrected chi connectivity index (χ0v) is 20.9. The highest BCUT2D eigenvalue weighted by molar-refractivity contribution is 14.2. The molecule has 0 aliphatic carbocycles. The Kier molecular flexibility index (Phi) is 97.7. The summed E-state index contributed by atoms with van der Waals surface area (Å²) >= 11 is 19.8. The van der Waals surface area contributed by atoms with Crippen molar-refractivity contribution >= 4 is 96.8 Å². The number of halogens is 5. The van der Waals surface area contributed by atoms with E-state index in [1.807, 2.05) is 13.8 Å². The van der Waals surface area contributed by atoms with E-state index >= 15 is 0 Å². The van der Waals surface area contributed by atoms with Gasteiger partial charge in [0.1, 0.15) is 5.78 Å². The number of carbonyl (C=O) groups is 3. The maximum Gasteiger partial charge on any atom is 0.222 e. The molecule has 3 nitrogen and oxygen atoms in total. The Bertz CT molecular complexity index is 270. The summed E-state index contributed by atoms with van der Waals surface area (Å²) in [5, 5.41) is -0.370. The van der Waals surface area contributed by atoms with Gasteiger partial charge in [-0.05, 0) is 38.4 Å². The number of alkyl halides is 4. The number of rotatable bonds is 5. The number of Topliss-reactive ketones (excluding diaryl/α,β-unsaturated/α-hetero) is 1. The Hall–Kier alpha value is 1.08. The van der Waals surface area contributed by atoms with Crippen LogP contribution in [0.15, 0.2) is 12.7 Å². The van der Waals surface area contributed by atoms with Gasteiger partial charge in [-0.25, -0.2) is 0 Å². The molecule has 164 valence electrons. The Morgan fingerprint density at radius 3 is 1.19 bits per heavy atom. The van der Waals surface area contributed by atoms with Crippen LogP contribution < -0.4 is 0 Å². The van der Waals surface area contributed by atoms with Crippen molar-refractivity contribution < 1.29 is 14.4 Å². The van der Waals surface area contributed by atoms with E-state index in [-0.39, 0.29) is 45.5 Å². The van der Waals surface area contributed by atoms with Crippen molar-refractivity contribution in [1.82, 2.24) is 0 Å². The largest absolute Gasteiger partial charge is 0.300 e. The number of hydrogen-bond donors (Lipinski definition) is 0. The Balaban J connectivity index is -0.0000000261. The van der Waals surface area contributed by atoms with Gasteiger partial charge in [-0.1, -0.05) is 87.9 Å². The second kappa shape index (κ2) is 50.2. The van der Waals surface area contributed by atoms with E-state index in [0.29, 0.717) is 18.2 Å². The van der Waals surface area contributed by atoms with Gasteiger partial charge in [-0.3, -0.25) is 14.4 Å². The summed E-state index contributed by atoms with van der Waals surface area (Å²) < 4.78 is 0.773. The summed E-state index contributed by atoms with van der Waals surface area (Å²) in [6.45, 7) is 12.3. The molecule has 0 radical (unpaired) electrons. The van der Waals surface area contributed by atoms with E-state index in [2.05, 4.69) is 58.7 Å². The molecule has 0 rings (SSSR count). The molecule has 0 aromatic rings. The molecule has 8 heteroatoms. The van der Waals surface area contributed by atoms with Gasteiger partial charge in [0.05, 0.1) is 1.93 Å². The molecule has 0 spiro atoms. The van der Waals surface area contributed by atoms with Gasteiger partial charge in [0.15, 0.2) is 5.78 Å². The fourth-order valence-electron chi connectivity index (χ4n) is 0.207. The second-order valence-electron chi connectivity index (χ2n) is 3.27. The highest BCUT2D eigenvalue weighted by atomic mass is 127. The minimum Gasteiger partial charge on any atom is -0.300 e. The predicted octanol–water partition coefficient (Wildman–Crippen LogP) is 8.48. The molecule has 0 saturated carbocycles. The van der Waals surface area contributed by atoms with Crippen LogP contribution in [0.4, 0.5) is 0 Å². The molecule has 0 aliphatic heterocycles. The quantitative estimate of drug-likeness (QED) is 0.128. The highest BCUT2D eigenvalue weighted by Gasteiger charge is 1.88. The zero-order valence-electron chi connectivity index (χ0n) is 14.3. The zero-order chi connectivity index (χ0) is 19.8. The van der Waals surface area contributed by atoms with Crippen molar-refractivity contribution in [3.63, 3.8) is 0 Å². The predicted molar refractivity (Wildman–Crippen MR) is 142 cm³/mol. The average Bonchev–Trinajstić information content (AvgIpc) is 2.41. The number of ketones is 2. The van der Waals surface area contributed by atoms with Crippen molar-refractivity contribution in [1.29, 1.82) is 0 Å². The van der Waals surface area contributed by atoms with E-state index in [4.69, 9.17) is 34.8 Å². The van der Waals surface area contributed by atoms with Crippen LogP contribution in [0.25, 0.3) is 0 Å². The van der Waals surface area contributed by atoms with Gasteiger partial charge >= 0.3 is 0 Å². The molecule has 0 bridgehead atoms. The summed E-state index contributed by atoms with van der Waals surface area (Å²) in [4.78, 5) is 29.4. The monoisotopic (exact) mass is 662 g/mol. The lowest BCUT2D eigenvalue weighted by Crippen LogP contribution is -1.87. The first-order valence-corrected chi connectivity index (χ1v) is 10.7. The lowest BCUT2D eigenvalue weighted by molar-refractivity contribution is -0.116. The first kappa shape index (κ1) is 50.6. The summed E-state index contributed by atoms with van der Waals surface area (Å²) in [7, 11) is 0. The molecule has 0 unspecified atom stereocenters. The van der Waals surface area contributed by atoms with Crippen LogP contribution in [0, 0.1) is 0 Å². The van der Waals surface area contributed by atoms with Crippen LogP contribution in [0.5, 0.6) is 0 Å². The van der Waals surface area contributed by atoms with Crippen molar-refractivity contribution in [2.24, 2.45) is 0 Å². The lowest BCUT2D eigenvalue weighted by atomic mass is 10.4. The summed E-state index contributed by atoms with van der Waals surface area (Å²) in [5.41, 5.74) is 0. The fourth-order valence-corrected chi connectivity index (χ4v) is 0.836. The maximum atomic E-state index is 9.96. The van der Waals surface area contributed by atoms with Crippen LogP contribution in [-0.4, -0.2) is 30.5 Å². The third kappa shape index (κ3) is 176. The van der Waals surface area contributed by atoms with Gasteiger partial charge in [-0.2, -0.15) is 0 Å². The summed E-state index contributed by atoms with van der Waals surface area (Å²) in [6, 6.07) is 0. The van der Waals surface area contributed by atoms with Crippen molar-refractivity contribution in [2.75, 3.05) is 11.8 Å². The molecular weight excluding hydrogens is 624 g/mol. The molecule has 0 saturated heterocycles. The van der Waals surface area contributed by atoms with Gasteiger partial charge in [0, 0.05) is 24.6 Å². The molecule has 0 heterocycles. The number of hydrogen-bond acceptors (Lipinski definition) is 3. The molecule has 0 amide bonds. The Morgan fingerprint density at radius 1 is 0.962 bits per heavy atom. The van der Waals surface area contributed by atoms with E-state index in [1.165, 1.54) is 19.9 Å². The summed E-state index contributed by atoms with van der Waals surface area (Å²) in [6.07, 6.45) is 2.05. The van der Waals surface area contributed by atoms with Crippen molar-refractivity contribution in [3.8, 4) is 0 Å². The third-order valence-corrected chi connectivity index (χ3v) is 1.59.